The first-order chi connectivity index (χ1) is 8.78. The molecule has 3 nitrogen and oxygen atoms in total. The van der Waals surface area contributed by atoms with E-state index in [1.807, 2.05) is 22.7 Å². The zero-order valence-corrected chi connectivity index (χ0v) is 12.1. The second-order valence-corrected chi connectivity index (χ2v) is 5.62. The Morgan fingerprint density at radius 2 is 1.83 bits per heavy atom. The Labute approximate surface area is 117 Å². The lowest BCUT2D eigenvalue weighted by atomic mass is 10.2. The van der Waals surface area contributed by atoms with E-state index in [4.69, 9.17) is 0 Å². The maximum Gasteiger partial charge on any atom is 0.168 e. The van der Waals surface area contributed by atoms with E-state index < -0.39 is 0 Å². The van der Waals surface area contributed by atoms with Gasteiger partial charge in [-0.25, -0.2) is 0 Å². The number of halogens is 1. The Hall–Kier alpha value is -1.33. The second-order valence-electron chi connectivity index (χ2n) is 3.83. The summed E-state index contributed by atoms with van der Waals surface area (Å²) in [4.78, 5) is 1.24. The van der Waals surface area contributed by atoms with Gasteiger partial charge in [-0.15, -0.1) is 22.0 Å². The molecular formula is C13H10BrN3S. The number of benzene rings is 1. The van der Waals surface area contributed by atoms with Crippen LogP contribution in [0, 0.1) is 0 Å². The second kappa shape index (κ2) is 4.74. The van der Waals surface area contributed by atoms with Crippen molar-refractivity contribution in [1.29, 1.82) is 0 Å². The molecular weight excluding hydrogens is 310 g/mol. The zero-order chi connectivity index (χ0) is 12.5. The third kappa shape index (κ3) is 2.04. The van der Waals surface area contributed by atoms with Crippen LogP contribution in [0.1, 0.15) is 0 Å². The Bertz CT molecular complexity index is 691. The first-order valence-corrected chi connectivity index (χ1v) is 7.44. The average molecular weight is 320 g/mol. The molecule has 2 heterocycles. The minimum Gasteiger partial charge on any atom is -0.281 e. The van der Waals surface area contributed by atoms with Gasteiger partial charge in [-0.2, -0.15) is 0 Å². The number of nitrogens with zero attached hydrogens (tertiary/aromatic N) is 3. The molecule has 0 atom stereocenters. The summed E-state index contributed by atoms with van der Waals surface area (Å²) in [6.07, 6.45) is 4.05. The van der Waals surface area contributed by atoms with E-state index >= 15 is 0 Å². The largest absolute Gasteiger partial charge is 0.281 e. The van der Waals surface area contributed by atoms with Gasteiger partial charge in [0.05, 0.1) is 0 Å². The highest BCUT2D eigenvalue weighted by Crippen LogP contribution is 2.23. The Kier molecular flexibility index (Phi) is 3.09. The molecule has 3 aromatic rings. The lowest BCUT2D eigenvalue weighted by Crippen LogP contribution is -1.89. The molecule has 3 rings (SSSR count). The maximum absolute atomic E-state index is 4.25. The number of pyridine rings is 1. The van der Waals surface area contributed by atoms with Crippen molar-refractivity contribution in [3.8, 4) is 11.4 Å². The Morgan fingerprint density at radius 1 is 1.06 bits per heavy atom. The van der Waals surface area contributed by atoms with Gasteiger partial charge >= 0.3 is 0 Å². The molecule has 0 saturated carbocycles. The summed E-state index contributed by atoms with van der Waals surface area (Å²) >= 11 is 5.20. The summed E-state index contributed by atoms with van der Waals surface area (Å²) in [7, 11) is 0. The average Bonchev–Trinajstić information content (AvgIpc) is 2.82. The number of thioether (sulfide) groups is 1. The van der Waals surface area contributed by atoms with Crippen LogP contribution < -0.4 is 0 Å². The van der Waals surface area contributed by atoms with Crippen molar-refractivity contribution in [1.82, 2.24) is 14.6 Å². The molecule has 0 saturated heterocycles. The third-order valence-corrected chi connectivity index (χ3v) is 3.93. The molecule has 0 radical (unpaired) electrons. The lowest BCUT2D eigenvalue weighted by molar-refractivity contribution is 1.11. The summed E-state index contributed by atoms with van der Waals surface area (Å²) in [5.74, 6) is 0.860. The predicted molar refractivity (Wildman–Crippen MR) is 77.9 cm³/mol. The number of hydrogen-bond acceptors (Lipinski definition) is 3. The fourth-order valence-electron chi connectivity index (χ4n) is 1.80. The van der Waals surface area contributed by atoms with Gasteiger partial charge in [0.25, 0.3) is 0 Å². The van der Waals surface area contributed by atoms with Gasteiger partial charge in [-0.1, -0.05) is 12.1 Å². The Balaban J connectivity index is 2.15. The minimum absolute atomic E-state index is 0.849. The highest BCUT2D eigenvalue weighted by atomic mass is 79.9. The van der Waals surface area contributed by atoms with Crippen LogP contribution >= 0.6 is 27.7 Å². The van der Waals surface area contributed by atoms with E-state index in [-0.39, 0.29) is 0 Å². The first kappa shape index (κ1) is 11.7. The number of fused-ring (bicyclic) bond motifs is 1. The lowest BCUT2D eigenvalue weighted by Gasteiger charge is -2.01. The molecule has 5 heteroatoms. The number of rotatable bonds is 2. The number of aromatic nitrogens is 3. The molecule has 0 bridgehead atoms. The SMILES string of the molecule is CSc1ccc(-c2nnc3ccc(Br)cn23)cc1. The summed E-state index contributed by atoms with van der Waals surface area (Å²) in [6, 6.07) is 12.2. The van der Waals surface area contributed by atoms with Gasteiger partial charge in [-0.3, -0.25) is 4.40 Å². The number of hydrogen-bond donors (Lipinski definition) is 0. The molecule has 0 spiro atoms. The fraction of sp³-hybridized carbons (Fsp3) is 0.0769. The van der Waals surface area contributed by atoms with Gasteiger partial charge in [0.2, 0.25) is 0 Å². The van der Waals surface area contributed by atoms with E-state index in [1.165, 1.54) is 4.90 Å². The van der Waals surface area contributed by atoms with Crippen molar-refractivity contribution in [3.63, 3.8) is 0 Å². The molecule has 0 fully saturated rings. The smallest absolute Gasteiger partial charge is 0.168 e. The van der Waals surface area contributed by atoms with E-state index in [2.05, 4.69) is 56.6 Å². The quantitative estimate of drug-likeness (QED) is 0.671. The van der Waals surface area contributed by atoms with Gasteiger partial charge in [0.15, 0.2) is 11.5 Å². The van der Waals surface area contributed by atoms with Crippen LogP contribution in [0.4, 0.5) is 0 Å². The monoisotopic (exact) mass is 319 g/mol. The fourth-order valence-corrected chi connectivity index (χ4v) is 2.55. The minimum atomic E-state index is 0.849. The molecule has 0 aliphatic heterocycles. The molecule has 90 valence electrons. The zero-order valence-electron chi connectivity index (χ0n) is 9.67. The molecule has 18 heavy (non-hydrogen) atoms. The molecule has 0 aliphatic carbocycles. The van der Waals surface area contributed by atoms with Crippen LogP contribution in [0.3, 0.4) is 0 Å². The van der Waals surface area contributed by atoms with Crippen molar-refractivity contribution in [3.05, 3.63) is 47.1 Å². The molecule has 0 unspecified atom stereocenters. The molecule has 0 N–H and O–H groups in total. The van der Waals surface area contributed by atoms with Crippen molar-refractivity contribution in [2.75, 3.05) is 6.26 Å². The first-order valence-electron chi connectivity index (χ1n) is 5.42. The van der Waals surface area contributed by atoms with E-state index in [9.17, 15) is 0 Å². The standard InChI is InChI=1S/C13H10BrN3S/c1-18-11-5-2-9(3-6-11)13-16-15-12-7-4-10(14)8-17(12)13/h2-8H,1H3. The van der Waals surface area contributed by atoms with Crippen LogP contribution in [-0.2, 0) is 0 Å². The van der Waals surface area contributed by atoms with Gasteiger partial charge < -0.3 is 0 Å². The topological polar surface area (TPSA) is 30.2 Å². The maximum atomic E-state index is 4.25. The molecule has 1 aromatic carbocycles. The highest BCUT2D eigenvalue weighted by Gasteiger charge is 2.07. The van der Waals surface area contributed by atoms with Crippen molar-refractivity contribution in [2.24, 2.45) is 0 Å². The summed E-state index contributed by atoms with van der Waals surface area (Å²) < 4.78 is 3.00. The summed E-state index contributed by atoms with van der Waals surface area (Å²) in [5, 5.41) is 8.41. The van der Waals surface area contributed by atoms with Crippen molar-refractivity contribution >= 4 is 33.3 Å². The molecule has 0 amide bonds. The normalized spacial score (nSPS) is 11.0. The van der Waals surface area contributed by atoms with Crippen LogP contribution in [0.15, 0.2) is 52.0 Å². The third-order valence-electron chi connectivity index (χ3n) is 2.71. The van der Waals surface area contributed by atoms with E-state index in [1.54, 1.807) is 11.8 Å². The van der Waals surface area contributed by atoms with Gasteiger partial charge in [-0.05, 0) is 46.5 Å². The van der Waals surface area contributed by atoms with E-state index in [0.29, 0.717) is 0 Å². The summed E-state index contributed by atoms with van der Waals surface area (Å²) in [5.41, 5.74) is 1.92. The van der Waals surface area contributed by atoms with E-state index in [0.717, 1.165) is 21.5 Å². The van der Waals surface area contributed by atoms with Crippen molar-refractivity contribution in [2.45, 2.75) is 4.90 Å². The summed E-state index contributed by atoms with van der Waals surface area (Å²) in [6.45, 7) is 0. The van der Waals surface area contributed by atoms with Gasteiger partial charge in [0, 0.05) is 21.1 Å². The highest BCUT2D eigenvalue weighted by molar-refractivity contribution is 9.10. The van der Waals surface area contributed by atoms with Crippen LogP contribution in [0.25, 0.3) is 17.0 Å². The Morgan fingerprint density at radius 3 is 2.56 bits per heavy atom. The van der Waals surface area contributed by atoms with Gasteiger partial charge in [0.1, 0.15) is 0 Å². The van der Waals surface area contributed by atoms with Crippen LogP contribution in [-0.4, -0.2) is 20.9 Å². The molecule has 2 aromatic heterocycles. The van der Waals surface area contributed by atoms with Crippen molar-refractivity contribution < 1.29 is 0 Å². The molecule has 0 aliphatic rings. The van der Waals surface area contributed by atoms with Crippen LogP contribution in [0.5, 0.6) is 0 Å². The van der Waals surface area contributed by atoms with Crippen LogP contribution in [0.2, 0.25) is 0 Å². The predicted octanol–water partition coefficient (Wildman–Crippen LogP) is 3.88.